The van der Waals surface area contributed by atoms with Crippen molar-refractivity contribution in [3.63, 3.8) is 0 Å². The van der Waals surface area contributed by atoms with E-state index in [1.807, 2.05) is 36.4 Å². The van der Waals surface area contributed by atoms with Crippen molar-refractivity contribution in [2.75, 3.05) is 19.5 Å². The molecule has 6 heteroatoms. The van der Waals surface area contributed by atoms with Crippen molar-refractivity contribution in [3.8, 4) is 11.1 Å². The molecular weight excluding hydrogens is 392 g/mol. The lowest BCUT2D eigenvalue weighted by Gasteiger charge is -2.18. The van der Waals surface area contributed by atoms with Crippen molar-refractivity contribution >= 4 is 17.7 Å². The van der Waals surface area contributed by atoms with E-state index in [0.717, 1.165) is 27.8 Å². The minimum atomic E-state index is -0.857. The molecule has 3 aromatic rings. The number of carbonyl (C=O) groups is 2. The minimum absolute atomic E-state index is 0.0492. The van der Waals surface area contributed by atoms with Crippen molar-refractivity contribution in [2.24, 2.45) is 0 Å². The number of methoxy groups -OCH3 is 1. The number of rotatable bonds is 6. The van der Waals surface area contributed by atoms with Crippen LogP contribution >= 0.6 is 0 Å². The van der Waals surface area contributed by atoms with E-state index in [2.05, 4.69) is 29.6 Å². The zero-order valence-electron chi connectivity index (χ0n) is 17.2. The van der Waals surface area contributed by atoms with Crippen molar-refractivity contribution in [1.29, 1.82) is 0 Å². The highest BCUT2D eigenvalue weighted by Crippen LogP contribution is 2.44. The fraction of sp³-hybridized carbons (Fsp3) is 0.200. The van der Waals surface area contributed by atoms with Gasteiger partial charge in [-0.1, -0.05) is 60.7 Å². The molecule has 3 aromatic carbocycles. The highest BCUT2D eigenvalue weighted by Gasteiger charge is 2.30. The number of nitrogens with two attached hydrogens (primary N) is 1. The van der Waals surface area contributed by atoms with Gasteiger partial charge in [0.05, 0.1) is 7.11 Å². The topological polar surface area (TPSA) is 90.6 Å². The summed E-state index contributed by atoms with van der Waals surface area (Å²) in [5.41, 5.74) is 11.8. The lowest BCUT2D eigenvalue weighted by molar-refractivity contribution is -0.142. The summed E-state index contributed by atoms with van der Waals surface area (Å²) < 4.78 is 10.4. The minimum Gasteiger partial charge on any atom is -0.467 e. The zero-order chi connectivity index (χ0) is 21.8. The molecule has 158 valence electrons. The molecule has 0 bridgehead atoms. The largest absolute Gasteiger partial charge is 0.467 e. The van der Waals surface area contributed by atoms with E-state index in [-0.39, 0.29) is 18.9 Å². The summed E-state index contributed by atoms with van der Waals surface area (Å²) in [4.78, 5) is 24.7. The number of benzene rings is 3. The normalized spacial score (nSPS) is 13.1. The van der Waals surface area contributed by atoms with Crippen LogP contribution in [0.4, 0.5) is 10.5 Å². The van der Waals surface area contributed by atoms with E-state index in [1.54, 1.807) is 12.1 Å². The summed E-state index contributed by atoms with van der Waals surface area (Å²) in [6.45, 7) is 0.176. The van der Waals surface area contributed by atoms with Crippen LogP contribution in [0.15, 0.2) is 72.8 Å². The van der Waals surface area contributed by atoms with E-state index in [9.17, 15) is 9.59 Å². The Hall–Kier alpha value is -3.80. The number of nitrogen functional groups attached to an aromatic ring is 1. The maximum atomic E-state index is 12.5. The van der Waals surface area contributed by atoms with Crippen LogP contribution < -0.4 is 11.1 Å². The number of alkyl carbamates (subject to hydrolysis) is 1. The Morgan fingerprint density at radius 3 is 2.10 bits per heavy atom. The third-order valence-electron chi connectivity index (χ3n) is 5.54. The van der Waals surface area contributed by atoms with Crippen molar-refractivity contribution in [3.05, 3.63) is 89.5 Å². The Bertz CT molecular complexity index is 1050. The van der Waals surface area contributed by atoms with Gasteiger partial charge in [0.15, 0.2) is 0 Å². The Kier molecular flexibility index (Phi) is 5.89. The second-order valence-electron chi connectivity index (χ2n) is 7.49. The molecule has 0 heterocycles. The zero-order valence-corrected chi connectivity index (χ0v) is 17.2. The summed E-state index contributed by atoms with van der Waals surface area (Å²) in [6.07, 6.45) is -0.385. The number of hydrogen-bond donors (Lipinski definition) is 2. The van der Waals surface area contributed by atoms with Crippen LogP contribution in [0.25, 0.3) is 11.1 Å². The van der Waals surface area contributed by atoms with Crippen LogP contribution in [0.5, 0.6) is 0 Å². The molecule has 31 heavy (non-hydrogen) atoms. The highest BCUT2D eigenvalue weighted by atomic mass is 16.6. The molecule has 0 aliphatic heterocycles. The number of amides is 1. The molecule has 1 aliphatic carbocycles. The number of ether oxygens (including phenoxy) is 2. The van der Waals surface area contributed by atoms with Gasteiger partial charge < -0.3 is 20.5 Å². The maximum Gasteiger partial charge on any atom is 0.407 e. The molecule has 0 saturated carbocycles. The smallest absolute Gasteiger partial charge is 0.407 e. The van der Waals surface area contributed by atoms with E-state index >= 15 is 0 Å². The van der Waals surface area contributed by atoms with Gasteiger partial charge >= 0.3 is 12.1 Å². The lowest BCUT2D eigenvalue weighted by atomic mass is 9.98. The van der Waals surface area contributed by atoms with Gasteiger partial charge in [-0.05, 0) is 39.9 Å². The third-order valence-corrected chi connectivity index (χ3v) is 5.54. The summed E-state index contributed by atoms with van der Waals surface area (Å²) in [7, 11) is 1.29. The van der Waals surface area contributed by atoms with Crippen LogP contribution in [0.2, 0.25) is 0 Å². The van der Waals surface area contributed by atoms with Crippen LogP contribution in [0, 0.1) is 0 Å². The highest BCUT2D eigenvalue weighted by molar-refractivity contribution is 5.82. The molecule has 3 N–H and O–H groups in total. The van der Waals surface area contributed by atoms with Crippen molar-refractivity contribution in [1.82, 2.24) is 5.32 Å². The van der Waals surface area contributed by atoms with Crippen LogP contribution in [-0.2, 0) is 20.7 Å². The van der Waals surface area contributed by atoms with Gasteiger partial charge in [0.1, 0.15) is 12.6 Å². The molecule has 0 saturated heterocycles. The molecule has 1 atom stereocenters. The fourth-order valence-corrected chi connectivity index (χ4v) is 4.01. The van der Waals surface area contributed by atoms with E-state index < -0.39 is 18.1 Å². The number of fused-ring (bicyclic) bond motifs is 3. The Balaban J connectivity index is 1.44. The van der Waals surface area contributed by atoms with Gasteiger partial charge in [-0.3, -0.25) is 0 Å². The monoisotopic (exact) mass is 416 g/mol. The van der Waals surface area contributed by atoms with E-state index in [4.69, 9.17) is 15.2 Å². The molecular formula is C25H24N2O4. The summed E-state index contributed by atoms with van der Waals surface area (Å²) in [5.74, 6) is -0.586. The third kappa shape index (κ3) is 4.38. The number of carbonyl (C=O) groups excluding carboxylic acids is 2. The van der Waals surface area contributed by atoms with Gasteiger partial charge in [0, 0.05) is 18.0 Å². The summed E-state index contributed by atoms with van der Waals surface area (Å²) >= 11 is 0. The SMILES string of the molecule is COC(=O)C(Cc1ccc(N)cc1)NC(=O)OCC1c2ccccc2-c2ccccc21. The maximum absolute atomic E-state index is 12.5. The number of nitrogens with one attached hydrogen (secondary N) is 1. The standard InChI is InChI=1S/C25H24N2O4/c1-30-24(28)23(14-16-10-12-17(26)13-11-16)27-25(29)31-15-22-20-8-4-2-6-18(20)19-7-3-5-9-21(19)22/h2-13,22-23H,14-15,26H2,1H3,(H,27,29). The van der Waals surface area contributed by atoms with Gasteiger partial charge in [-0.25, -0.2) is 9.59 Å². The Morgan fingerprint density at radius 2 is 1.52 bits per heavy atom. The van der Waals surface area contributed by atoms with Gasteiger partial charge in [-0.15, -0.1) is 0 Å². The van der Waals surface area contributed by atoms with Crippen LogP contribution in [0.1, 0.15) is 22.6 Å². The molecule has 1 unspecified atom stereocenters. The molecule has 4 rings (SSSR count). The molecule has 1 aliphatic rings. The quantitative estimate of drug-likeness (QED) is 0.470. The van der Waals surface area contributed by atoms with Crippen molar-refractivity contribution < 1.29 is 19.1 Å². The van der Waals surface area contributed by atoms with Crippen LogP contribution in [-0.4, -0.2) is 31.8 Å². The van der Waals surface area contributed by atoms with Gasteiger partial charge in [0.25, 0.3) is 0 Å². The van der Waals surface area contributed by atoms with Gasteiger partial charge in [0.2, 0.25) is 0 Å². The molecule has 1 amide bonds. The van der Waals surface area contributed by atoms with Crippen LogP contribution in [0.3, 0.4) is 0 Å². The predicted octanol–water partition coefficient (Wildman–Crippen LogP) is 3.89. The van der Waals surface area contributed by atoms with Crippen molar-refractivity contribution in [2.45, 2.75) is 18.4 Å². The second kappa shape index (κ2) is 8.92. The molecule has 0 aromatic heterocycles. The second-order valence-corrected chi connectivity index (χ2v) is 7.49. The first-order valence-electron chi connectivity index (χ1n) is 10.1. The first kappa shape index (κ1) is 20.5. The van der Waals surface area contributed by atoms with Gasteiger partial charge in [-0.2, -0.15) is 0 Å². The first-order chi connectivity index (χ1) is 15.1. The van der Waals surface area contributed by atoms with E-state index in [0.29, 0.717) is 5.69 Å². The first-order valence-corrected chi connectivity index (χ1v) is 10.1. The molecule has 0 fully saturated rings. The Morgan fingerprint density at radius 1 is 0.935 bits per heavy atom. The number of anilines is 1. The molecule has 0 radical (unpaired) electrons. The summed E-state index contributed by atoms with van der Waals surface area (Å²) in [5, 5.41) is 2.64. The number of esters is 1. The van der Waals surface area contributed by atoms with E-state index in [1.165, 1.54) is 7.11 Å². The average molecular weight is 416 g/mol. The predicted molar refractivity (Wildman–Crippen MR) is 119 cm³/mol. The number of hydrogen-bond acceptors (Lipinski definition) is 5. The summed E-state index contributed by atoms with van der Waals surface area (Å²) in [6, 6.07) is 22.5. The molecule has 6 nitrogen and oxygen atoms in total. The Labute approximate surface area is 181 Å². The molecule has 0 spiro atoms. The average Bonchev–Trinajstić information content (AvgIpc) is 3.12. The fourth-order valence-electron chi connectivity index (χ4n) is 4.01. The lowest BCUT2D eigenvalue weighted by Crippen LogP contribution is -2.43.